The first kappa shape index (κ1) is 18.1. The number of nitrogens with one attached hydrogen (secondary N) is 2. The molecule has 0 spiro atoms. The van der Waals surface area contributed by atoms with Crippen LogP contribution in [0.15, 0.2) is 22.7 Å². The Bertz CT molecular complexity index is 465. The van der Waals surface area contributed by atoms with Gasteiger partial charge in [-0.2, -0.15) is 0 Å². The molecule has 1 saturated heterocycles. The molecule has 1 aliphatic carbocycles. The monoisotopic (exact) mass is 392 g/mol. The first-order valence-corrected chi connectivity index (χ1v) is 8.51. The van der Waals surface area contributed by atoms with Crippen LogP contribution in [0.5, 0.6) is 0 Å². The Balaban J connectivity index is 0.00000176. The summed E-state index contributed by atoms with van der Waals surface area (Å²) in [6.07, 6.45) is 3.69. The largest absolute Gasteiger partial charge is 0.379 e. The Morgan fingerprint density at radius 1 is 1.32 bits per heavy atom. The lowest BCUT2D eigenvalue weighted by Gasteiger charge is -2.33. The fourth-order valence-electron chi connectivity index (χ4n) is 3.55. The highest BCUT2D eigenvalue weighted by molar-refractivity contribution is 9.10. The molecule has 2 fully saturated rings. The predicted molar refractivity (Wildman–Crippen MR) is 91.9 cm³/mol. The highest BCUT2D eigenvalue weighted by atomic mass is 79.9. The molecular formula is C16H23BrClFN2O. The van der Waals surface area contributed by atoms with E-state index in [0.29, 0.717) is 24.5 Å². The van der Waals surface area contributed by atoms with Crippen molar-refractivity contribution >= 4 is 28.3 Å². The number of rotatable bonds is 4. The van der Waals surface area contributed by atoms with Gasteiger partial charge in [-0.05, 0) is 42.5 Å². The zero-order valence-electron chi connectivity index (χ0n) is 12.5. The second-order valence-electron chi connectivity index (χ2n) is 6.00. The SMILES string of the molecule is Cl.Fc1cc(Br)cc(CNC2CCCC2C2COCCN2)c1. The van der Waals surface area contributed by atoms with E-state index in [1.807, 2.05) is 6.07 Å². The molecule has 1 aromatic carbocycles. The number of morpholine rings is 1. The van der Waals surface area contributed by atoms with Gasteiger partial charge in [-0.15, -0.1) is 12.4 Å². The minimum absolute atomic E-state index is 0. The molecule has 2 aliphatic rings. The third-order valence-corrected chi connectivity index (χ3v) is 4.99. The predicted octanol–water partition coefficient (Wildman–Crippen LogP) is 3.26. The van der Waals surface area contributed by atoms with Gasteiger partial charge in [-0.3, -0.25) is 0 Å². The average molecular weight is 394 g/mol. The van der Waals surface area contributed by atoms with Crippen LogP contribution in [0.1, 0.15) is 24.8 Å². The minimum Gasteiger partial charge on any atom is -0.379 e. The molecule has 22 heavy (non-hydrogen) atoms. The Labute approximate surface area is 145 Å². The van der Waals surface area contributed by atoms with Crippen LogP contribution in [-0.4, -0.2) is 31.8 Å². The quantitative estimate of drug-likeness (QED) is 0.824. The molecule has 1 heterocycles. The van der Waals surface area contributed by atoms with Crippen LogP contribution in [0.25, 0.3) is 0 Å². The molecule has 3 rings (SSSR count). The fourth-order valence-corrected chi connectivity index (χ4v) is 4.06. The molecule has 0 bridgehead atoms. The van der Waals surface area contributed by atoms with Crippen molar-refractivity contribution in [2.24, 2.45) is 5.92 Å². The van der Waals surface area contributed by atoms with Crippen LogP contribution in [0, 0.1) is 11.7 Å². The van der Waals surface area contributed by atoms with Crippen molar-refractivity contribution in [1.82, 2.24) is 10.6 Å². The first-order chi connectivity index (χ1) is 10.2. The van der Waals surface area contributed by atoms with Gasteiger partial charge in [0.25, 0.3) is 0 Å². The van der Waals surface area contributed by atoms with Crippen LogP contribution >= 0.6 is 28.3 Å². The van der Waals surface area contributed by atoms with Crippen molar-refractivity contribution < 1.29 is 9.13 Å². The minimum atomic E-state index is -0.188. The molecule has 3 atom stereocenters. The van der Waals surface area contributed by atoms with E-state index >= 15 is 0 Å². The van der Waals surface area contributed by atoms with Gasteiger partial charge in [0.2, 0.25) is 0 Å². The van der Waals surface area contributed by atoms with Crippen molar-refractivity contribution in [2.45, 2.75) is 37.9 Å². The molecule has 1 saturated carbocycles. The molecule has 0 aromatic heterocycles. The van der Waals surface area contributed by atoms with Crippen molar-refractivity contribution in [3.05, 3.63) is 34.1 Å². The molecule has 2 N–H and O–H groups in total. The van der Waals surface area contributed by atoms with Crippen molar-refractivity contribution in [3.63, 3.8) is 0 Å². The van der Waals surface area contributed by atoms with Crippen molar-refractivity contribution in [1.29, 1.82) is 0 Å². The summed E-state index contributed by atoms with van der Waals surface area (Å²) < 4.78 is 19.8. The number of benzene rings is 1. The van der Waals surface area contributed by atoms with Crippen LogP contribution < -0.4 is 10.6 Å². The maximum absolute atomic E-state index is 13.4. The van der Waals surface area contributed by atoms with Crippen LogP contribution in [-0.2, 0) is 11.3 Å². The lowest BCUT2D eigenvalue weighted by atomic mass is 9.94. The fraction of sp³-hybridized carbons (Fsp3) is 0.625. The standard InChI is InChI=1S/C16H22BrFN2O.ClH/c17-12-6-11(7-13(18)8-12)9-20-15-3-1-2-14(15)16-10-21-5-4-19-16;/h6-8,14-16,19-20H,1-5,9-10H2;1H. The lowest BCUT2D eigenvalue weighted by molar-refractivity contribution is 0.0524. The number of halogens is 3. The first-order valence-electron chi connectivity index (χ1n) is 7.72. The zero-order chi connectivity index (χ0) is 14.7. The molecule has 1 aromatic rings. The molecule has 124 valence electrons. The van der Waals surface area contributed by atoms with Gasteiger partial charge in [0, 0.05) is 29.6 Å². The molecule has 6 heteroatoms. The van der Waals surface area contributed by atoms with Crippen molar-refractivity contribution in [2.75, 3.05) is 19.8 Å². The summed E-state index contributed by atoms with van der Waals surface area (Å²) >= 11 is 3.35. The Morgan fingerprint density at radius 2 is 2.18 bits per heavy atom. The van der Waals surface area contributed by atoms with Gasteiger partial charge in [-0.25, -0.2) is 4.39 Å². The molecule has 3 unspecified atom stereocenters. The Hall–Kier alpha value is -0.200. The van der Waals surface area contributed by atoms with E-state index in [4.69, 9.17) is 4.74 Å². The highest BCUT2D eigenvalue weighted by Crippen LogP contribution is 2.29. The van der Waals surface area contributed by atoms with Gasteiger partial charge >= 0.3 is 0 Å². The van der Waals surface area contributed by atoms with E-state index < -0.39 is 0 Å². The second kappa shape index (κ2) is 8.60. The maximum Gasteiger partial charge on any atom is 0.124 e. The Kier molecular flexibility index (Phi) is 7.09. The van der Waals surface area contributed by atoms with Crippen LogP contribution in [0.3, 0.4) is 0 Å². The van der Waals surface area contributed by atoms with Gasteiger partial charge in [0.1, 0.15) is 5.82 Å². The highest BCUT2D eigenvalue weighted by Gasteiger charge is 2.34. The Morgan fingerprint density at radius 3 is 2.91 bits per heavy atom. The molecule has 3 nitrogen and oxygen atoms in total. The zero-order valence-corrected chi connectivity index (χ0v) is 14.9. The van der Waals surface area contributed by atoms with E-state index in [-0.39, 0.29) is 18.2 Å². The average Bonchev–Trinajstić information content (AvgIpc) is 2.93. The third-order valence-electron chi connectivity index (χ3n) is 4.53. The smallest absolute Gasteiger partial charge is 0.124 e. The lowest BCUT2D eigenvalue weighted by Crippen LogP contribution is -2.50. The molecule has 0 radical (unpaired) electrons. The summed E-state index contributed by atoms with van der Waals surface area (Å²) in [5, 5.41) is 7.19. The number of ether oxygens (including phenoxy) is 1. The summed E-state index contributed by atoms with van der Waals surface area (Å²) in [6.45, 7) is 3.29. The van der Waals surface area contributed by atoms with E-state index in [2.05, 4.69) is 26.6 Å². The summed E-state index contributed by atoms with van der Waals surface area (Å²) in [5.74, 6) is 0.425. The number of hydrogen-bond acceptors (Lipinski definition) is 3. The van der Waals surface area contributed by atoms with Crippen LogP contribution in [0.2, 0.25) is 0 Å². The molecule has 1 aliphatic heterocycles. The van der Waals surface area contributed by atoms with E-state index in [0.717, 1.165) is 29.8 Å². The molecule has 0 amide bonds. The van der Waals surface area contributed by atoms with E-state index in [9.17, 15) is 4.39 Å². The van der Waals surface area contributed by atoms with Gasteiger partial charge in [0.15, 0.2) is 0 Å². The van der Waals surface area contributed by atoms with Crippen LogP contribution in [0.4, 0.5) is 4.39 Å². The van der Waals surface area contributed by atoms with E-state index in [1.165, 1.54) is 25.3 Å². The second-order valence-corrected chi connectivity index (χ2v) is 6.91. The summed E-state index contributed by atoms with van der Waals surface area (Å²) in [7, 11) is 0. The molecular weight excluding hydrogens is 371 g/mol. The summed E-state index contributed by atoms with van der Waals surface area (Å²) in [4.78, 5) is 0. The number of hydrogen-bond donors (Lipinski definition) is 2. The van der Waals surface area contributed by atoms with Crippen molar-refractivity contribution in [3.8, 4) is 0 Å². The summed E-state index contributed by atoms with van der Waals surface area (Å²) in [5.41, 5.74) is 0.986. The normalized spacial score (nSPS) is 28.4. The van der Waals surface area contributed by atoms with Gasteiger partial charge in [-0.1, -0.05) is 22.4 Å². The van der Waals surface area contributed by atoms with Gasteiger partial charge in [0.05, 0.1) is 13.2 Å². The third kappa shape index (κ3) is 4.65. The van der Waals surface area contributed by atoms with E-state index in [1.54, 1.807) is 6.07 Å². The van der Waals surface area contributed by atoms with Gasteiger partial charge < -0.3 is 15.4 Å². The topological polar surface area (TPSA) is 33.3 Å². The summed E-state index contributed by atoms with van der Waals surface area (Å²) in [6, 6.07) is 6.01. The maximum atomic E-state index is 13.4.